The van der Waals surface area contributed by atoms with Crippen molar-refractivity contribution in [1.29, 1.82) is 0 Å². The standard InChI is InChI=1S/C26H27IN2O4S/c1-18-7-6-8-20(13-18)17-33-22-10-9-19(14-21(22)27)15-23-25(31)29(26(32)34-23)16-24(30)28-11-4-2-3-5-12-28/h6-10,13-15H,2-5,11-12,16-17H2,1H3. The molecule has 0 radical (unpaired) electrons. The summed E-state index contributed by atoms with van der Waals surface area (Å²) in [4.78, 5) is 41.2. The molecule has 0 aliphatic carbocycles. The molecule has 2 heterocycles. The molecule has 0 bridgehead atoms. The number of thioether (sulfide) groups is 1. The van der Waals surface area contributed by atoms with Gasteiger partial charge in [-0.05, 0) is 83.5 Å². The molecular weight excluding hydrogens is 563 g/mol. The smallest absolute Gasteiger partial charge is 0.294 e. The fourth-order valence-corrected chi connectivity index (χ4v) is 5.56. The van der Waals surface area contributed by atoms with Gasteiger partial charge in [-0.2, -0.15) is 0 Å². The van der Waals surface area contributed by atoms with Gasteiger partial charge in [0, 0.05) is 13.1 Å². The van der Waals surface area contributed by atoms with Gasteiger partial charge in [-0.25, -0.2) is 0 Å². The third kappa shape index (κ3) is 6.21. The van der Waals surface area contributed by atoms with Gasteiger partial charge >= 0.3 is 0 Å². The van der Waals surface area contributed by atoms with Crippen LogP contribution < -0.4 is 4.74 Å². The minimum atomic E-state index is -0.409. The molecule has 2 aromatic carbocycles. The average Bonchev–Trinajstić information content (AvgIpc) is 3.00. The predicted molar refractivity (Wildman–Crippen MR) is 142 cm³/mol. The normalized spacial score (nSPS) is 17.9. The minimum Gasteiger partial charge on any atom is -0.488 e. The quantitative estimate of drug-likeness (QED) is 0.323. The number of likely N-dealkylation sites (tertiary alicyclic amines) is 1. The van der Waals surface area contributed by atoms with Crippen molar-refractivity contribution in [2.75, 3.05) is 19.6 Å². The highest BCUT2D eigenvalue weighted by Gasteiger charge is 2.37. The third-order valence-corrected chi connectivity index (χ3v) is 7.61. The van der Waals surface area contributed by atoms with Gasteiger partial charge in [-0.1, -0.05) is 48.7 Å². The van der Waals surface area contributed by atoms with Crippen LogP contribution in [0.3, 0.4) is 0 Å². The Balaban J connectivity index is 1.40. The summed E-state index contributed by atoms with van der Waals surface area (Å²) in [7, 11) is 0. The fourth-order valence-electron chi connectivity index (χ4n) is 4.03. The van der Waals surface area contributed by atoms with Crippen LogP contribution in [0, 0.1) is 10.5 Å². The number of carbonyl (C=O) groups excluding carboxylic acids is 3. The second-order valence-electron chi connectivity index (χ2n) is 8.53. The summed E-state index contributed by atoms with van der Waals surface area (Å²) in [5.41, 5.74) is 3.09. The molecule has 0 atom stereocenters. The molecule has 0 unspecified atom stereocenters. The van der Waals surface area contributed by atoms with E-state index >= 15 is 0 Å². The Kier molecular flexibility index (Phi) is 8.31. The van der Waals surface area contributed by atoms with Gasteiger partial charge in [0.1, 0.15) is 18.9 Å². The van der Waals surface area contributed by atoms with Gasteiger partial charge in [0.25, 0.3) is 11.1 Å². The molecule has 34 heavy (non-hydrogen) atoms. The van der Waals surface area contributed by atoms with Crippen LogP contribution in [-0.2, 0) is 16.2 Å². The second kappa shape index (κ2) is 11.4. The third-order valence-electron chi connectivity index (χ3n) is 5.86. The van der Waals surface area contributed by atoms with Gasteiger partial charge in [0.05, 0.1) is 8.48 Å². The first-order valence-corrected chi connectivity index (χ1v) is 13.3. The summed E-state index contributed by atoms with van der Waals surface area (Å²) in [6, 6.07) is 13.8. The summed E-state index contributed by atoms with van der Waals surface area (Å²) < 4.78 is 6.88. The van der Waals surface area contributed by atoms with Gasteiger partial charge in [0.2, 0.25) is 5.91 Å². The Bertz CT molecular complexity index is 1130. The highest BCUT2D eigenvalue weighted by atomic mass is 127. The van der Waals surface area contributed by atoms with Crippen LogP contribution in [0.1, 0.15) is 42.4 Å². The number of carbonyl (C=O) groups is 3. The van der Waals surface area contributed by atoms with Crippen LogP contribution in [-0.4, -0.2) is 46.5 Å². The van der Waals surface area contributed by atoms with Crippen LogP contribution in [0.5, 0.6) is 5.75 Å². The van der Waals surface area contributed by atoms with E-state index in [2.05, 4.69) is 41.6 Å². The number of aryl methyl sites for hydroxylation is 1. The first-order valence-electron chi connectivity index (χ1n) is 11.4. The molecule has 2 aliphatic rings. The Morgan fingerprint density at radius 3 is 2.56 bits per heavy atom. The number of hydrogen-bond donors (Lipinski definition) is 0. The van der Waals surface area contributed by atoms with Gasteiger partial charge in [-0.15, -0.1) is 0 Å². The van der Waals surface area contributed by atoms with E-state index in [9.17, 15) is 14.4 Å². The van der Waals surface area contributed by atoms with Gasteiger partial charge in [0.15, 0.2) is 0 Å². The largest absolute Gasteiger partial charge is 0.488 e. The molecule has 3 amide bonds. The highest BCUT2D eigenvalue weighted by molar-refractivity contribution is 14.1. The molecule has 0 spiro atoms. The minimum absolute atomic E-state index is 0.157. The number of rotatable bonds is 6. The van der Waals surface area contributed by atoms with E-state index in [0.29, 0.717) is 24.6 Å². The SMILES string of the molecule is Cc1cccc(COc2ccc(C=C3SC(=O)N(CC(=O)N4CCCCCC4)C3=O)cc2I)c1. The number of imide groups is 1. The van der Waals surface area contributed by atoms with Crippen LogP contribution in [0.15, 0.2) is 47.4 Å². The van der Waals surface area contributed by atoms with Crippen molar-refractivity contribution < 1.29 is 19.1 Å². The lowest BCUT2D eigenvalue weighted by atomic mass is 10.1. The molecule has 0 N–H and O–H groups in total. The lowest BCUT2D eigenvalue weighted by Gasteiger charge is -2.22. The monoisotopic (exact) mass is 590 g/mol. The lowest BCUT2D eigenvalue weighted by Crippen LogP contribution is -2.42. The Hall–Kier alpha value is -2.33. The van der Waals surface area contributed by atoms with Crippen molar-refractivity contribution in [3.8, 4) is 5.75 Å². The molecule has 0 aromatic heterocycles. The Morgan fingerprint density at radius 1 is 1.09 bits per heavy atom. The molecule has 178 valence electrons. The maximum absolute atomic E-state index is 12.9. The maximum atomic E-state index is 12.9. The summed E-state index contributed by atoms with van der Waals surface area (Å²) in [6.45, 7) is 3.73. The lowest BCUT2D eigenvalue weighted by molar-refractivity contribution is -0.135. The van der Waals surface area contributed by atoms with Crippen molar-refractivity contribution in [3.63, 3.8) is 0 Å². The molecule has 0 saturated carbocycles. The van der Waals surface area contributed by atoms with E-state index in [-0.39, 0.29) is 12.5 Å². The van der Waals surface area contributed by atoms with E-state index in [0.717, 1.165) is 62.8 Å². The van der Waals surface area contributed by atoms with E-state index in [4.69, 9.17) is 4.74 Å². The van der Waals surface area contributed by atoms with Crippen molar-refractivity contribution in [3.05, 3.63) is 67.6 Å². The number of benzene rings is 2. The number of ether oxygens (including phenoxy) is 1. The van der Waals surface area contributed by atoms with E-state index in [1.165, 1.54) is 5.56 Å². The topological polar surface area (TPSA) is 66.9 Å². The number of halogens is 1. The number of nitrogens with zero attached hydrogens (tertiary/aromatic N) is 2. The fraction of sp³-hybridized carbons (Fsp3) is 0.346. The molecule has 4 rings (SSSR count). The van der Waals surface area contributed by atoms with E-state index in [1.54, 1.807) is 11.0 Å². The summed E-state index contributed by atoms with van der Waals surface area (Å²) >= 11 is 3.09. The number of hydrogen-bond acceptors (Lipinski definition) is 5. The van der Waals surface area contributed by atoms with Crippen LogP contribution in [0.25, 0.3) is 6.08 Å². The molecule has 2 aromatic rings. The van der Waals surface area contributed by atoms with Crippen molar-refractivity contribution in [1.82, 2.24) is 9.80 Å². The predicted octanol–water partition coefficient (Wildman–Crippen LogP) is 5.62. The summed E-state index contributed by atoms with van der Waals surface area (Å²) in [5, 5.41) is -0.396. The first-order chi connectivity index (χ1) is 16.4. The number of amides is 3. The molecular formula is C26H27IN2O4S. The van der Waals surface area contributed by atoms with E-state index < -0.39 is 11.1 Å². The van der Waals surface area contributed by atoms with Crippen LogP contribution >= 0.6 is 34.4 Å². The Labute approximate surface area is 217 Å². The van der Waals surface area contributed by atoms with Gasteiger partial charge < -0.3 is 9.64 Å². The maximum Gasteiger partial charge on any atom is 0.294 e. The molecule has 2 saturated heterocycles. The summed E-state index contributed by atoms with van der Waals surface area (Å²) in [5.74, 6) is 0.193. The van der Waals surface area contributed by atoms with Crippen molar-refractivity contribution in [2.45, 2.75) is 39.2 Å². The molecule has 2 fully saturated rings. The van der Waals surface area contributed by atoms with Crippen molar-refractivity contribution in [2.24, 2.45) is 0 Å². The van der Waals surface area contributed by atoms with Gasteiger partial charge in [-0.3, -0.25) is 19.3 Å². The van der Waals surface area contributed by atoms with E-state index in [1.807, 2.05) is 30.3 Å². The van der Waals surface area contributed by atoms with Crippen molar-refractivity contribution >= 4 is 57.5 Å². The molecule has 6 nitrogen and oxygen atoms in total. The highest BCUT2D eigenvalue weighted by Crippen LogP contribution is 2.33. The van der Waals surface area contributed by atoms with Crippen LogP contribution in [0.4, 0.5) is 4.79 Å². The zero-order valence-corrected chi connectivity index (χ0v) is 22.1. The zero-order valence-electron chi connectivity index (χ0n) is 19.1. The molecule has 8 heteroatoms. The molecule has 2 aliphatic heterocycles. The second-order valence-corrected chi connectivity index (χ2v) is 10.7. The average molecular weight is 590 g/mol. The Morgan fingerprint density at radius 2 is 1.85 bits per heavy atom. The zero-order chi connectivity index (χ0) is 24.1. The van der Waals surface area contributed by atoms with Crippen LogP contribution in [0.2, 0.25) is 0 Å². The summed E-state index contributed by atoms with van der Waals surface area (Å²) in [6.07, 6.45) is 5.87. The first kappa shape index (κ1) is 24.8.